The van der Waals surface area contributed by atoms with Crippen LogP contribution < -0.4 is 5.32 Å². The van der Waals surface area contributed by atoms with E-state index in [0.717, 1.165) is 5.92 Å². The van der Waals surface area contributed by atoms with Crippen molar-refractivity contribution in [3.05, 3.63) is 12.2 Å². The van der Waals surface area contributed by atoms with Crippen LogP contribution in [0.15, 0.2) is 12.2 Å². The highest BCUT2D eigenvalue weighted by Gasteiger charge is 2.13. The molecule has 3 nitrogen and oxygen atoms in total. The lowest BCUT2D eigenvalue weighted by atomic mass is 9.84. The molecular formula is C13H23NO2. The van der Waals surface area contributed by atoms with Gasteiger partial charge in [0.1, 0.15) is 0 Å². The van der Waals surface area contributed by atoms with Crippen molar-refractivity contribution in [2.24, 2.45) is 11.3 Å². The number of carbonyl (C=O) groups excluding carboxylic acids is 2. The molecule has 0 radical (unpaired) electrons. The molecule has 2 amide bonds. The molecule has 0 aromatic heterocycles. The summed E-state index contributed by atoms with van der Waals surface area (Å²) < 4.78 is 0. The number of imide groups is 1. The zero-order valence-corrected chi connectivity index (χ0v) is 11.0. The number of hydrogen-bond donors (Lipinski definition) is 1. The largest absolute Gasteiger partial charge is 0.289 e. The summed E-state index contributed by atoms with van der Waals surface area (Å²) in [4.78, 5) is 20.1. The molecule has 1 heterocycles. The molecule has 1 rings (SSSR count). The Morgan fingerprint density at radius 2 is 1.62 bits per heavy atom. The highest BCUT2D eigenvalue weighted by atomic mass is 16.2. The van der Waals surface area contributed by atoms with E-state index >= 15 is 0 Å². The molecule has 0 saturated heterocycles. The lowest BCUT2D eigenvalue weighted by Crippen LogP contribution is -2.19. The minimum absolute atomic E-state index is 0.329. The Labute approximate surface area is 98.3 Å². The van der Waals surface area contributed by atoms with Crippen LogP contribution in [0, 0.1) is 11.3 Å². The molecule has 92 valence electrons. The third kappa shape index (κ3) is 8.21. The summed E-state index contributed by atoms with van der Waals surface area (Å²) in [6.07, 6.45) is 5.06. The van der Waals surface area contributed by atoms with E-state index in [2.05, 4.69) is 34.6 Å². The van der Waals surface area contributed by atoms with Gasteiger partial charge in [-0.2, -0.15) is 0 Å². The fourth-order valence-corrected chi connectivity index (χ4v) is 1.55. The number of rotatable bonds is 2. The van der Waals surface area contributed by atoms with Gasteiger partial charge in [-0.05, 0) is 17.8 Å². The maximum Gasteiger partial charge on any atom is 0.250 e. The Balaban J connectivity index is 0.000000288. The van der Waals surface area contributed by atoms with Gasteiger partial charge in [0, 0.05) is 12.2 Å². The van der Waals surface area contributed by atoms with Gasteiger partial charge in [-0.3, -0.25) is 14.9 Å². The Kier molecular flexibility index (Phi) is 6.01. The molecule has 0 bridgehead atoms. The molecule has 1 unspecified atom stereocenters. The van der Waals surface area contributed by atoms with E-state index in [1.165, 1.54) is 25.0 Å². The monoisotopic (exact) mass is 225 g/mol. The van der Waals surface area contributed by atoms with Crippen LogP contribution in [0.5, 0.6) is 0 Å². The number of carbonyl (C=O) groups is 2. The van der Waals surface area contributed by atoms with Crippen LogP contribution in [0.4, 0.5) is 0 Å². The fourth-order valence-electron chi connectivity index (χ4n) is 1.55. The lowest BCUT2D eigenvalue weighted by molar-refractivity contribution is -0.123. The third-order valence-electron chi connectivity index (χ3n) is 2.29. The Bertz CT molecular complexity index is 258. The van der Waals surface area contributed by atoms with Crippen molar-refractivity contribution in [1.29, 1.82) is 0 Å². The number of amides is 2. The molecular weight excluding hydrogens is 202 g/mol. The van der Waals surface area contributed by atoms with Crippen molar-refractivity contribution in [1.82, 2.24) is 5.32 Å². The Hall–Kier alpha value is -1.12. The molecule has 0 aromatic carbocycles. The van der Waals surface area contributed by atoms with Crippen LogP contribution in [0.2, 0.25) is 0 Å². The molecule has 1 N–H and O–H groups in total. The van der Waals surface area contributed by atoms with E-state index < -0.39 is 0 Å². The second-order valence-electron chi connectivity index (χ2n) is 5.47. The van der Waals surface area contributed by atoms with Gasteiger partial charge in [-0.1, -0.05) is 41.0 Å². The van der Waals surface area contributed by atoms with Crippen LogP contribution in [0.1, 0.15) is 47.5 Å². The second-order valence-corrected chi connectivity index (χ2v) is 5.47. The molecule has 16 heavy (non-hydrogen) atoms. The minimum Gasteiger partial charge on any atom is -0.289 e. The predicted octanol–water partition coefficient (Wildman–Crippen LogP) is 2.67. The van der Waals surface area contributed by atoms with Gasteiger partial charge < -0.3 is 0 Å². The molecule has 0 saturated carbocycles. The molecule has 0 fully saturated rings. The van der Waals surface area contributed by atoms with Crippen LogP contribution in [0.25, 0.3) is 0 Å². The Morgan fingerprint density at radius 1 is 1.19 bits per heavy atom. The quantitative estimate of drug-likeness (QED) is 0.734. The molecule has 0 aromatic rings. The van der Waals surface area contributed by atoms with Gasteiger partial charge in [0.15, 0.2) is 0 Å². The van der Waals surface area contributed by atoms with Gasteiger partial charge in [0.2, 0.25) is 0 Å². The first-order chi connectivity index (χ1) is 7.24. The molecule has 1 aliphatic rings. The van der Waals surface area contributed by atoms with Crippen molar-refractivity contribution in [2.45, 2.75) is 47.5 Å². The topological polar surface area (TPSA) is 46.2 Å². The molecule has 3 heteroatoms. The molecule has 0 aliphatic carbocycles. The summed E-state index contributed by atoms with van der Waals surface area (Å²) in [6, 6.07) is 0. The average molecular weight is 225 g/mol. The van der Waals surface area contributed by atoms with Crippen molar-refractivity contribution in [3.8, 4) is 0 Å². The van der Waals surface area contributed by atoms with E-state index in [-0.39, 0.29) is 11.8 Å². The third-order valence-corrected chi connectivity index (χ3v) is 2.29. The maximum absolute atomic E-state index is 10.0. The summed E-state index contributed by atoms with van der Waals surface area (Å²) >= 11 is 0. The highest BCUT2D eigenvalue weighted by molar-refractivity contribution is 6.12. The first kappa shape index (κ1) is 14.9. The van der Waals surface area contributed by atoms with Crippen molar-refractivity contribution >= 4 is 11.8 Å². The first-order valence-electron chi connectivity index (χ1n) is 5.77. The van der Waals surface area contributed by atoms with Crippen molar-refractivity contribution in [2.75, 3.05) is 0 Å². The van der Waals surface area contributed by atoms with Gasteiger partial charge in [0.05, 0.1) is 0 Å². The second kappa shape index (κ2) is 6.46. The van der Waals surface area contributed by atoms with Crippen LogP contribution in [-0.4, -0.2) is 11.8 Å². The summed E-state index contributed by atoms with van der Waals surface area (Å²) in [6.45, 7) is 11.5. The number of nitrogens with one attached hydrogen (secondary N) is 1. The fraction of sp³-hybridized carbons (Fsp3) is 0.692. The number of hydrogen-bond acceptors (Lipinski definition) is 2. The van der Waals surface area contributed by atoms with Crippen LogP contribution in [0.3, 0.4) is 0 Å². The highest BCUT2D eigenvalue weighted by Crippen LogP contribution is 2.25. The van der Waals surface area contributed by atoms with Crippen molar-refractivity contribution in [3.63, 3.8) is 0 Å². The van der Waals surface area contributed by atoms with Gasteiger partial charge in [-0.15, -0.1) is 0 Å². The zero-order chi connectivity index (χ0) is 12.8. The molecule has 0 spiro atoms. The van der Waals surface area contributed by atoms with E-state index in [4.69, 9.17) is 0 Å². The molecule has 1 aliphatic heterocycles. The summed E-state index contributed by atoms with van der Waals surface area (Å²) in [7, 11) is 0. The summed E-state index contributed by atoms with van der Waals surface area (Å²) in [5.41, 5.74) is 0.523. The SMILES string of the molecule is CCC(C)CC(C)(C)C.O=C1C=CC(=O)N1. The van der Waals surface area contributed by atoms with Crippen molar-refractivity contribution < 1.29 is 9.59 Å². The smallest absolute Gasteiger partial charge is 0.250 e. The van der Waals surface area contributed by atoms with E-state index in [0.29, 0.717) is 5.41 Å². The van der Waals surface area contributed by atoms with E-state index in [1.807, 2.05) is 5.32 Å². The van der Waals surface area contributed by atoms with Gasteiger partial charge in [-0.25, -0.2) is 0 Å². The van der Waals surface area contributed by atoms with Gasteiger partial charge >= 0.3 is 0 Å². The summed E-state index contributed by atoms with van der Waals surface area (Å²) in [5, 5.41) is 2.03. The van der Waals surface area contributed by atoms with Crippen LogP contribution in [-0.2, 0) is 9.59 Å². The predicted molar refractivity (Wildman–Crippen MR) is 65.8 cm³/mol. The van der Waals surface area contributed by atoms with Gasteiger partial charge in [0.25, 0.3) is 11.8 Å². The lowest BCUT2D eigenvalue weighted by Gasteiger charge is -2.21. The minimum atomic E-state index is -0.329. The standard InChI is InChI=1S/C9H20.C4H3NO2/c1-6-8(2)7-9(3,4)5;6-3-1-2-4(7)5-3/h8H,6-7H2,1-5H3;1-2H,(H,5,6,7). The van der Waals surface area contributed by atoms with E-state index in [9.17, 15) is 9.59 Å². The zero-order valence-electron chi connectivity index (χ0n) is 11.0. The first-order valence-corrected chi connectivity index (χ1v) is 5.77. The van der Waals surface area contributed by atoms with E-state index in [1.54, 1.807) is 0 Å². The maximum atomic E-state index is 10.0. The average Bonchev–Trinajstić information content (AvgIpc) is 2.48. The Morgan fingerprint density at radius 3 is 1.75 bits per heavy atom. The normalized spacial score (nSPS) is 16.6. The summed E-state index contributed by atoms with van der Waals surface area (Å²) in [5.74, 6) is 0.236. The molecule has 1 atom stereocenters. The van der Waals surface area contributed by atoms with Crippen LogP contribution >= 0.6 is 0 Å².